The van der Waals surface area contributed by atoms with Crippen LogP contribution in [0.25, 0.3) is 10.9 Å². The van der Waals surface area contributed by atoms with Gasteiger partial charge in [0, 0.05) is 37.8 Å². The number of aromatic nitrogens is 1. The lowest BCUT2D eigenvalue weighted by atomic mass is 9.92. The molecule has 1 fully saturated rings. The van der Waals surface area contributed by atoms with Crippen molar-refractivity contribution in [1.82, 2.24) is 14.8 Å². The second kappa shape index (κ2) is 10.8. The monoisotopic (exact) mass is 477 g/mol. The van der Waals surface area contributed by atoms with Gasteiger partial charge in [0.25, 0.3) is 0 Å². The lowest BCUT2D eigenvalue weighted by Gasteiger charge is -2.40. The molecule has 0 N–H and O–H groups in total. The highest BCUT2D eigenvalue weighted by atomic mass is 16.5. The van der Waals surface area contributed by atoms with Crippen molar-refractivity contribution in [2.24, 2.45) is 0 Å². The van der Waals surface area contributed by atoms with E-state index in [-0.39, 0.29) is 0 Å². The molecule has 36 heavy (non-hydrogen) atoms. The van der Waals surface area contributed by atoms with Gasteiger partial charge in [0.2, 0.25) is 0 Å². The fraction of sp³-hybridized carbons (Fsp3) is 0.344. The van der Waals surface area contributed by atoms with E-state index in [9.17, 15) is 0 Å². The summed E-state index contributed by atoms with van der Waals surface area (Å²) in [4.78, 5) is 9.78. The second-order valence-corrected chi connectivity index (χ2v) is 10.1. The number of hydrogen-bond donors (Lipinski definition) is 0. The molecule has 1 aliphatic carbocycles. The molecule has 4 heteroatoms. The Balaban J connectivity index is 1.03. The van der Waals surface area contributed by atoms with Gasteiger partial charge in [0.1, 0.15) is 5.75 Å². The van der Waals surface area contributed by atoms with Gasteiger partial charge in [-0.2, -0.15) is 0 Å². The molecule has 184 valence electrons. The molecule has 3 aromatic carbocycles. The zero-order valence-electron chi connectivity index (χ0n) is 21.0. The second-order valence-electron chi connectivity index (χ2n) is 10.1. The normalized spacial score (nSPS) is 16.9. The summed E-state index contributed by atoms with van der Waals surface area (Å²) in [5.74, 6) is 0.943. The van der Waals surface area contributed by atoms with Crippen LogP contribution in [0, 0.1) is 0 Å². The van der Waals surface area contributed by atoms with Gasteiger partial charge in [-0.3, -0.25) is 9.88 Å². The lowest BCUT2D eigenvalue weighted by Crippen LogP contribution is -2.48. The number of fused-ring (bicyclic) bond motifs is 3. The number of benzene rings is 3. The van der Waals surface area contributed by atoms with Crippen molar-refractivity contribution in [1.29, 1.82) is 0 Å². The van der Waals surface area contributed by atoms with Crippen LogP contribution in [0.5, 0.6) is 5.75 Å². The van der Waals surface area contributed by atoms with Crippen LogP contribution in [0.4, 0.5) is 0 Å². The number of piperazine rings is 1. The first-order valence-electron chi connectivity index (χ1n) is 13.5. The third-order valence-electron chi connectivity index (χ3n) is 7.87. The SMILES string of the molecule is c1ccc2c(c1)CCc1ccccc1C2N1CCN(CCCCOc2cccc3ncccc23)CC1. The number of unbranched alkanes of at least 4 members (excludes halogenated alkanes) is 1. The minimum Gasteiger partial charge on any atom is -0.493 e. The van der Waals surface area contributed by atoms with Crippen molar-refractivity contribution >= 4 is 10.9 Å². The summed E-state index contributed by atoms with van der Waals surface area (Å²) < 4.78 is 6.12. The van der Waals surface area contributed by atoms with Crippen LogP contribution < -0.4 is 4.74 Å². The molecule has 2 aliphatic rings. The van der Waals surface area contributed by atoms with Crippen LogP contribution in [0.1, 0.15) is 41.1 Å². The van der Waals surface area contributed by atoms with E-state index in [4.69, 9.17) is 4.74 Å². The first kappa shape index (κ1) is 23.2. The van der Waals surface area contributed by atoms with Gasteiger partial charge in [-0.15, -0.1) is 0 Å². The summed E-state index contributed by atoms with van der Waals surface area (Å²) in [6.07, 6.45) is 6.35. The van der Waals surface area contributed by atoms with E-state index in [0.29, 0.717) is 6.04 Å². The van der Waals surface area contributed by atoms with Crippen molar-refractivity contribution in [3.8, 4) is 5.75 Å². The molecule has 1 aliphatic heterocycles. The fourth-order valence-electron chi connectivity index (χ4n) is 5.95. The summed E-state index contributed by atoms with van der Waals surface area (Å²) >= 11 is 0. The van der Waals surface area contributed by atoms with E-state index < -0.39 is 0 Å². The number of aryl methyl sites for hydroxylation is 2. The van der Waals surface area contributed by atoms with E-state index in [1.165, 1.54) is 22.3 Å². The van der Waals surface area contributed by atoms with E-state index >= 15 is 0 Å². The molecule has 1 saturated heterocycles. The molecule has 0 amide bonds. The number of hydrogen-bond acceptors (Lipinski definition) is 4. The van der Waals surface area contributed by atoms with Crippen molar-refractivity contribution in [3.05, 3.63) is 107 Å². The van der Waals surface area contributed by atoms with Gasteiger partial charge in [-0.05, 0) is 78.7 Å². The molecule has 0 atom stereocenters. The average molecular weight is 478 g/mol. The van der Waals surface area contributed by atoms with Gasteiger partial charge in [-0.1, -0.05) is 54.6 Å². The Bertz CT molecular complexity index is 1260. The lowest BCUT2D eigenvalue weighted by molar-refractivity contribution is 0.107. The van der Waals surface area contributed by atoms with Gasteiger partial charge in [0.15, 0.2) is 0 Å². The molecule has 0 radical (unpaired) electrons. The van der Waals surface area contributed by atoms with Crippen LogP contribution in [-0.2, 0) is 12.8 Å². The number of ether oxygens (including phenoxy) is 1. The molecular weight excluding hydrogens is 442 g/mol. The standard InChI is InChI=1S/C32H35N3O/c1-3-11-27-25(9-1)16-17-26-10-2-4-12-28(26)32(27)35-22-20-34(21-23-35)19-5-6-24-36-31-15-7-14-30-29(31)13-8-18-33-30/h1-4,7-15,18,32H,5-6,16-17,19-24H2. The van der Waals surface area contributed by atoms with Crippen molar-refractivity contribution in [2.45, 2.75) is 31.7 Å². The Labute approximate surface area is 214 Å². The van der Waals surface area contributed by atoms with E-state index in [2.05, 4.69) is 69.4 Å². The number of rotatable bonds is 7. The van der Waals surface area contributed by atoms with Crippen LogP contribution in [0.3, 0.4) is 0 Å². The maximum Gasteiger partial charge on any atom is 0.128 e. The van der Waals surface area contributed by atoms with E-state index in [0.717, 1.165) is 81.7 Å². The summed E-state index contributed by atoms with van der Waals surface area (Å²) in [6, 6.07) is 28.8. The van der Waals surface area contributed by atoms with Gasteiger partial charge < -0.3 is 9.64 Å². The molecule has 4 nitrogen and oxygen atoms in total. The Kier molecular flexibility index (Phi) is 6.97. The average Bonchev–Trinajstić information content (AvgIpc) is 3.10. The van der Waals surface area contributed by atoms with Crippen LogP contribution in [-0.4, -0.2) is 54.1 Å². The smallest absolute Gasteiger partial charge is 0.128 e. The Morgan fingerprint density at radius 2 is 1.44 bits per heavy atom. The van der Waals surface area contributed by atoms with Crippen molar-refractivity contribution in [2.75, 3.05) is 39.3 Å². The predicted molar refractivity (Wildman–Crippen MR) is 147 cm³/mol. The summed E-state index contributed by atoms with van der Waals surface area (Å²) in [5, 5.41) is 1.10. The molecular formula is C32H35N3O. The minimum atomic E-state index is 0.380. The van der Waals surface area contributed by atoms with Crippen LogP contribution >= 0.6 is 0 Å². The van der Waals surface area contributed by atoms with Crippen LogP contribution in [0.15, 0.2) is 85.1 Å². The zero-order valence-corrected chi connectivity index (χ0v) is 21.0. The van der Waals surface area contributed by atoms with Crippen LogP contribution in [0.2, 0.25) is 0 Å². The summed E-state index contributed by atoms with van der Waals surface area (Å²) in [7, 11) is 0. The van der Waals surface area contributed by atoms with Gasteiger partial charge >= 0.3 is 0 Å². The molecule has 6 rings (SSSR count). The third-order valence-corrected chi connectivity index (χ3v) is 7.87. The molecule has 4 aromatic rings. The molecule has 0 unspecified atom stereocenters. The zero-order chi connectivity index (χ0) is 24.2. The Hall–Kier alpha value is -3.21. The molecule has 1 aromatic heterocycles. The van der Waals surface area contributed by atoms with Gasteiger partial charge in [0.05, 0.1) is 18.2 Å². The molecule has 0 saturated carbocycles. The number of pyridine rings is 1. The highest BCUT2D eigenvalue weighted by molar-refractivity contribution is 5.84. The van der Waals surface area contributed by atoms with E-state index in [1.807, 2.05) is 30.5 Å². The summed E-state index contributed by atoms with van der Waals surface area (Å²) in [5.41, 5.74) is 7.05. The summed E-state index contributed by atoms with van der Waals surface area (Å²) in [6.45, 7) is 6.41. The van der Waals surface area contributed by atoms with E-state index in [1.54, 1.807) is 0 Å². The number of nitrogens with zero attached hydrogens (tertiary/aromatic N) is 3. The highest BCUT2D eigenvalue weighted by Gasteiger charge is 2.30. The van der Waals surface area contributed by atoms with Crippen molar-refractivity contribution < 1.29 is 4.74 Å². The minimum absolute atomic E-state index is 0.380. The molecule has 0 bridgehead atoms. The molecule has 0 spiro atoms. The van der Waals surface area contributed by atoms with Gasteiger partial charge in [-0.25, -0.2) is 0 Å². The maximum atomic E-state index is 6.12. The Morgan fingerprint density at radius 1 is 0.722 bits per heavy atom. The predicted octanol–water partition coefficient (Wildman–Crippen LogP) is 5.90. The highest BCUT2D eigenvalue weighted by Crippen LogP contribution is 2.37. The maximum absolute atomic E-state index is 6.12. The third kappa shape index (κ3) is 4.88. The quantitative estimate of drug-likeness (QED) is 0.310. The fourth-order valence-corrected chi connectivity index (χ4v) is 5.95. The van der Waals surface area contributed by atoms with Crippen molar-refractivity contribution in [3.63, 3.8) is 0 Å². The largest absolute Gasteiger partial charge is 0.493 e. The molecule has 2 heterocycles. The topological polar surface area (TPSA) is 28.6 Å². The Morgan fingerprint density at radius 3 is 2.19 bits per heavy atom. The first-order chi connectivity index (χ1) is 17.9. The first-order valence-corrected chi connectivity index (χ1v) is 13.5.